The van der Waals surface area contributed by atoms with Crippen molar-refractivity contribution >= 4 is 6.08 Å². The Morgan fingerprint density at radius 1 is 1.12 bits per heavy atom. The van der Waals surface area contributed by atoms with Crippen LogP contribution in [0.2, 0.25) is 0 Å². The zero-order valence-electron chi connectivity index (χ0n) is 14.9. The molecule has 1 fully saturated rings. The maximum Gasteiger partial charge on any atom is 0.141 e. The van der Waals surface area contributed by atoms with E-state index in [0.717, 1.165) is 23.8 Å². The molecule has 1 aliphatic rings. The number of hydrogen-bond donors (Lipinski definition) is 0. The van der Waals surface area contributed by atoms with E-state index < -0.39 is 5.82 Å². The minimum absolute atomic E-state index is 0.114. The monoisotopic (exact) mass is 327 g/mol. The number of rotatable bonds is 8. The molecule has 0 radical (unpaired) electrons. The molecule has 2 rings (SSSR count). The van der Waals surface area contributed by atoms with Gasteiger partial charge in [-0.15, -0.1) is 0 Å². The third-order valence-corrected chi connectivity index (χ3v) is 5.35. The lowest BCUT2D eigenvalue weighted by atomic mass is 9.78. The largest absolute Gasteiger partial charge is 0.206 e. The molecular formula is C22H30FN. The number of halogens is 1. The normalized spacial score (nSPS) is 21.0. The van der Waals surface area contributed by atoms with E-state index in [1.54, 1.807) is 12.1 Å². The van der Waals surface area contributed by atoms with Crippen LogP contribution in [-0.4, -0.2) is 0 Å². The molecule has 0 heterocycles. The minimum Gasteiger partial charge on any atom is -0.206 e. The molecule has 130 valence electrons. The lowest BCUT2D eigenvalue weighted by Gasteiger charge is -2.28. The Balaban J connectivity index is 1.66. The number of benzene rings is 1. The highest BCUT2D eigenvalue weighted by Crippen LogP contribution is 2.34. The molecule has 0 saturated heterocycles. The molecule has 0 N–H and O–H groups in total. The summed E-state index contributed by atoms with van der Waals surface area (Å²) in [5, 5.41) is 8.74. The summed E-state index contributed by atoms with van der Waals surface area (Å²) >= 11 is 0. The van der Waals surface area contributed by atoms with Gasteiger partial charge in [-0.25, -0.2) is 4.39 Å². The molecule has 0 bridgehead atoms. The molecule has 1 aliphatic carbocycles. The Bertz CT molecular complexity index is 562. The van der Waals surface area contributed by atoms with Gasteiger partial charge in [-0.1, -0.05) is 76.5 Å². The molecule has 1 aromatic carbocycles. The number of nitriles is 1. The fourth-order valence-electron chi connectivity index (χ4n) is 3.77. The van der Waals surface area contributed by atoms with Crippen LogP contribution >= 0.6 is 0 Å². The summed E-state index contributed by atoms with van der Waals surface area (Å²) in [7, 11) is 0. The maximum absolute atomic E-state index is 13.5. The lowest BCUT2D eigenvalue weighted by molar-refractivity contribution is 0.250. The van der Waals surface area contributed by atoms with Crippen molar-refractivity contribution in [3.05, 3.63) is 41.2 Å². The van der Waals surface area contributed by atoms with Crippen LogP contribution in [0.4, 0.5) is 4.39 Å². The first-order chi connectivity index (χ1) is 11.7. The molecule has 0 spiro atoms. The van der Waals surface area contributed by atoms with E-state index in [9.17, 15) is 4.39 Å². The Morgan fingerprint density at radius 2 is 1.83 bits per heavy atom. The highest BCUT2D eigenvalue weighted by atomic mass is 19.1. The summed E-state index contributed by atoms with van der Waals surface area (Å²) in [6.45, 7) is 2.27. The van der Waals surface area contributed by atoms with Gasteiger partial charge in [-0.2, -0.15) is 5.26 Å². The van der Waals surface area contributed by atoms with Crippen molar-refractivity contribution in [3.63, 3.8) is 0 Å². The van der Waals surface area contributed by atoms with E-state index in [0.29, 0.717) is 0 Å². The number of unbranched alkanes of at least 4 members (excludes halogenated alkanes) is 2. The predicted molar refractivity (Wildman–Crippen MR) is 99.0 cm³/mol. The van der Waals surface area contributed by atoms with Crippen LogP contribution in [0.5, 0.6) is 0 Å². The third kappa shape index (κ3) is 6.11. The fraction of sp³-hybridized carbons (Fsp3) is 0.591. The first-order valence-corrected chi connectivity index (χ1v) is 9.59. The van der Waals surface area contributed by atoms with Crippen molar-refractivity contribution in [3.8, 4) is 6.07 Å². The Labute approximate surface area is 146 Å². The Hall–Kier alpha value is -1.62. The second kappa shape index (κ2) is 10.3. The summed E-state index contributed by atoms with van der Waals surface area (Å²) in [6.07, 6.45) is 17.6. The second-order valence-corrected chi connectivity index (χ2v) is 7.21. The van der Waals surface area contributed by atoms with Crippen LogP contribution < -0.4 is 0 Å². The van der Waals surface area contributed by atoms with Gasteiger partial charge >= 0.3 is 0 Å². The highest BCUT2D eigenvalue weighted by Gasteiger charge is 2.20. The van der Waals surface area contributed by atoms with Gasteiger partial charge in [0.25, 0.3) is 0 Å². The van der Waals surface area contributed by atoms with Gasteiger partial charge in [0.1, 0.15) is 11.9 Å². The Kier molecular flexibility index (Phi) is 8.02. The fourth-order valence-corrected chi connectivity index (χ4v) is 3.77. The molecule has 2 heteroatoms. The van der Waals surface area contributed by atoms with Crippen LogP contribution in [-0.2, 0) is 0 Å². The van der Waals surface area contributed by atoms with E-state index in [2.05, 4.69) is 13.0 Å². The zero-order chi connectivity index (χ0) is 17.2. The average molecular weight is 327 g/mol. The summed E-state index contributed by atoms with van der Waals surface area (Å²) in [5.74, 6) is 1.42. The summed E-state index contributed by atoms with van der Waals surface area (Å²) in [5.41, 5.74) is 0.953. The smallest absolute Gasteiger partial charge is 0.141 e. The maximum atomic E-state index is 13.5. The van der Waals surface area contributed by atoms with E-state index in [1.165, 1.54) is 63.9 Å². The lowest BCUT2D eigenvalue weighted by Crippen LogP contribution is -2.14. The van der Waals surface area contributed by atoms with Crippen LogP contribution in [0, 0.1) is 29.0 Å². The number of nitrogens with zero attached hydrogens (tertiary/aromatic N) is 1. The SMILES string of the molecule is CCCCCC1CCC(CC/C=C\c2ccc(C#N)c(F)c2)CC1. The second-order valence-electron chi connectivity index (χ2n) is 7.21. The van der Waals surface area contributed by atoms with Crippen molar-refractivity contribution in [2.24, 2.45) is 11.8 Å². The molecular weight excluding hydrogens is 297 g/mol. The summed E-state index contributed by atoms with van der Waals surface area (Å²) in [6, 6.07) is 6.65. The quantitative estimate of drug-likeness (QED) is 0.477. The van der Waals surface area contributed by atoms with Crippen LogP contribution in [0.15, 0.2) is 24.3 Å². The van der Waals surface area contributed by atoms with Gasteiger partial charge in [0.2, 0.25) is 0 Å². The molecule has 0 aliphatic heterocycles. The van der Waals surface area contributed by atoms with Crippen molar-refractivity contribution in [2.45, 2.75) is 71.1 Å². The highest BCUT2D eigenvalue weighted by molar-refractivity contribution is 5.51. The van der Waals surface area contributed by atoms with Crippen molar-refractivity contribution in [1.29, 1.82) is 5.26 Å². The summed E-state index contributed by atoms with van der Waals surface area (Å²) < 4.78 is 13.5. The van der Waals surface area contributed by atoms with Crippen molar-refractivity contribution in [1.82, 2.24) is 0 Å². The molecule has 0 amide bonds. The van der Waals surface area contributed by atoms with Crippen LogP contribution in [0.1, 0.15) is 82.3 Å². The van der Waals surface area contributed by atoms with Gasteiger partial charge in [0.15, 0.2) is 0 Å². The number of hydrogen-bond acceptors (Lipinski definition) is 1. The predicted octanol–water partition coefficient (Wildman–Crippen LogP) is 6.88. The molecule has 0 aromatic heterocycles. The zero-order valence-corrected chi connectivity index (χ0v) is 14.9. The molecule has 1 saturated carbocycles. The molecule has 0 atom stereocenters. The first-order valence-electron chi connectivity index (χ1n) is 9.59. The van der Waals surface area contributed by atoms with Gasteiger partial charge in [0, 0.05) is 0 Å². The molecule has 24 heavy (non-hydrogen) atoms. The van der Waals surface area contributed by atoms with E-state index >= 15 is 0 Å². The first kappa shape index (κ1) is 18.7. The van der Waals surface area contributed by atoms with Gasteiger partial charge in [0.05, 0.1) is 5.56 Å². The minimum atomic E-state index is -0.430. The number of allylic oxidation sites excluding steroid dienone is 1. The van der Waals surface area contributed by atoms with Gasteiger partial charge in [-0.3, -0.25) is 0 Å². The summed E-state index contributed by atoms with van der Waals surface area (Å²) in [4.78, 5) is 0. The van der Waals surface area contributed by atoms with E-state index in [1.807, 2.05) is 12.1 Å². The third-order valence-electron chi connectivity index (χ3n) is 5.35. The standard InChI is InChI=1S/C22H30FN/c1-2-3-4-7-18-10-12-19(13-11-18)8-5-6-9-20-14-15-21(17-24)22(23)16-20/h6,9,14-16,18-19H,2-5,7-8,10-13H2,1H3/b9-6-. The molecule has 1 nitrogen and oxygen atoms in total. The van der Waals surface area contributed by atoms with Crippen molar-refractivity contribution in [2.75, 3.05) is 0 Å². The average Bonchev–Trinajstić information content (AvgIpc) is 2.60. The van der Waals surface area contributed by atoms with Gasteiger partial charge < -0.3 is 0 Å². The van der Waals surface area contributed by atoms with E-state index in [-0.39, 0.29) is 5.56 Å². The molecule has 1 aromatic rings. The van der Waals surface area contributed by atoms with Gasteiger partial charge in [-0.05, 0) is 42.4 Å². The van der Waals surface area contributed by atoms with Crippen LogP contribution in [0.25, 0.3) is 6.08 Å². The Morgan fingerprint density at radius 3 is 2.46 bits per heavy atom. The van der Waals surface area contributed by atoms with E-state index in [4.69, 9.17) is 5.26 Å². The van der Waals surface area contributed by atoms with Crippen LogP contribution in [0.3, 0.4) is 0 Å². The molecule has 0 unspecified atom stereocenters. The topological polar surface area (TPSA) is 23.8 Å². The van der Waals surface area contributed by atoms with Crippen molar-refractivity contribution < 1.29 is 4.39 Å².